The van der Waals surface area contributed by atoms with Gasteiger partial charge in [-0.2, -0.15) is 0 Å². The fourth-order valence-electron chi connectivity index (χ4n) is 1.58. The van der Waals surface area contributed by atoms with Crippen LogP contribution in [0.25, 0.3) is 0 Å². The summed E-state index contributed by atoms with van der Waals surface area (Å²) in [4.78, 5) is 13.1. The van der Waals surface area contributed by atoms with E-state index in [0.717, 1.165) is 12.1 Å². The molecule has 5 heteroatoms. The van der Waals surface area contributed by atoms with Crippen LogP contribution in [0.3, 0.4) is 0 Å². The average molecular weight is 257 g/mol. The summed E-state index contributed by atoms with van der Waals surface area (Å²) >= 11 is 0. The van der Waals surface area contributed by atoms with Crippen LogP contribution in [0.1, 0.15) is 24.8 Å². The second kappa shape index (κ2) is 7.06. The molecule has 0 aliphatic carbocycles. The van der Waals surface area contributed by atoms with Crippen LogP contribution in [-0.4, -0.2) is 29.6 Å². The summed E-state index contributed by atoms with van der Waals surface area (Å²) in [5.41, 5.74) is 0.548. The third-order valence-corrected chi connectivity index (χ3v) is 2.63. The highest BCUT2D eigenvalue weighted by atomic mass is 19.2. The van der Waals surface area contributed by atoms with Gasteiger partial charge in [-0.1, -0.05) is 6.07 Å². The predicted molar refractivity (Wildman–Crippen MR) is 63.8 cm³/mol. The number of rotatable bonds is 6. The molecule has 0 saturated carbocycles. The number of hydrogen-bond acceptors (Lipinski definition) is 2. The summed E-state index contributed by atoms with van der Waals surface area (Å²) in [5, 5.41) is 8.61. The number of carbonyl (C=O) groups excluding carboxylic acids is 1. The Morgan fingerprint density at radius 1 is 1.28 bits per heavy atom. The zero-order valence-corrected chi connectivity index (χ0v) is 10.3. The Bertz CT molecular complexity index is 410. The fourth-order valence-corrected chi connectivity index (χ4v) is 1.58. The number of aliphatic hydroxyl groups excluding tert-OH is 1. The van der Waals surface area contributed by atoms with Crippen molar-refractivity contribution in [2.24, 2.45) is 0 Å². The Kier molecular flexibility index (Phi) is 5.71. The van der Waals surface area contributed by atoms with Crippen LogP contribution >= 0.6 is 0 Å². The van der Waals surface area contributed by atoms with Gasteiger partial charge in [0.15, 0.2) is 11.6 Å². The van der Waals surface area contributed by atoms with Crippen LogP contribution in [0.5, 0.6) is 0 Å². The van der Waals surface area contributed by atoms with E-state index in [1.54, 1.807) is 7.05 Å². The molecule has 1 aromatic carbocycles. The summed E-state index contributed by atoms with van der Waals surface area (Å²) < 4.78 is 25.7. The van der Waals surface area contributed by atoms with E-state index in [1.165, 1.54) is 11.0 Å². The minimum Gasteiger partial charge on any atom is -0.396 e. The number of aliphatic hydroxyl groups is 1. The second-order valence-corrected chi connectivity index (χ2v) is 4.18. The largest absolute Gasteiger partial charge is 0.396 e. The molecule has 0 aliphatic rings. The fraction of sp³-hybridized carbons (Fsp3) is 0.462. The van der Waals surface area contributed by atoms with E-state index in [-0.39, 0.29) is 19.1 Å². The number of unbranched alkanes of at least 4 members (excludes halogenated alkanes) is 1. The molecule has 0 saturated heterocycles. The van der Waals surface area contributed by atoms with Crippen molar-refractivity contribution in [2.75, 3.05) is 13.7 Å². The molecule has 100 valence electrons. The van der Waals surface area contributed by atoms with Crippen LogP contribution in [-0.2, 0) is 11.3 Å². The molecule has 18 heavy (non-hydrogen) atoms. The van der Waals surface area contributed by atoms with Gasteiger partial charge in [0.2, 0.25) is 5.91 Å². The summed E-state index contributed by atoms with van der Waals surface area (Å²) in [6, 6.07) is 3.59. The van der Waals surface area contributed by atoms with Crippen molar-refractivity contribution in [3.63, 3.8) is 0 Å². The van der Waals surface area contributed by atoms with Crippen molar-refractivity contribution < 1.29 is 18.7 Å². The van der Waals surface area contributed by atoms with Gasteiger partial charge < -0.3 is 10.0 Å². The second-order valence-electron chi connectivity index (χ2n) is 4.18. The molecular weight excluding hydrogens is 240 g/mol. The van der Waals surface area contributed by atoms with Crippen molar-refractivity contribution >= 4 is 5.91 Å². The summed E-state index contributed by atoms with van der Waals surface area (Å²) in [6.07, 6.45) is 1.56. The standard InChI is InChI=1S/C13H17F2NO2/c1-16(13(18)4-2-3-7-17)9-10-5-6-11(14)12(15)8-10/h5-6,8,17H,2-4,7,9H2,1H3. The van der Waals surface area contributed by atoms with Crippen molar-refractivity contribution in [2.45, 2.75) is 25.8 Å². The zero-order chi connectivity index (χ0) is 13.5. The Balaban J connectivity index is 2.50. The first kappa shape index (κ1) is 14.6. The first-order chi connectivity index (χ1) is 8.54. The Morgan fingerprint density at radius 3 is 2.61 bits per heavy atom. The van der Waals surface area contributed by atoms with E-state index in [2.05, 4.69) is 0 Å². The Labute approximate surface area is 105 Å². The first-order valence-electron chi connectivity index (χ1n) is 5.83. The third kappa shape index (κ3) is 4.41. The van der Waals surface area contributed by atoms with Gasteiger partial charge in [-0.3, -0.25) is 4.79 Å². The topological polar surface area (TPSA) is 40.5 Å². The molecule has 0 spiro atoms. The maximum absolute atomic E-state index is 13.0. The highest BCUT2D eigenvalue weighted by Crippen LogP contribution is 2.11. The molecule has 1 N–H and O–H groups in total. The molecular formula is C13H17F2NO2. The molecule has 1 amide bonds. The van der Waals surface area contributed by atoms with Gasteiger partial charge in [-0.15, -0.1) is 0 Å². The van der Waals surface area contributed by atoms with Crippen LogP contribution < -0.4 is 0 Å². The van der Waals surface area contributed by atoms with Crippen molar-refractivity contribution in [3.8, 4) is 0 Å². The average Bonchev–Trinajstić information content (AvgIpc) is 2.34. The lowest BCUT2D eigenvalue weighted by molar-refractivity contribution is -0.130. The number of hydrogen-bond donors (Lipinski definition) is 1. The van der Waals surface area contributed by atoms with Crippen LogP contribution in [0.4, 0.5) is 8.78 Å². The van der Waals surface area contributed by atoms with E-state index in [9.17, 15) is 13.6 Å². The SMILES string of the molecule is CN(Cc1ccc(F)c(F)c1)C(=O)CCCCO. The van der Waals surface area contributed by atoms with Crippen molar-refractivity contribution in [1.82, 2.24) is 4.90 Å². The van der Waals surface area contributed by atoms with Gasteiger partial charge in [-0.05, 0) is 30.5 Å². The highest BCUT2D eigenvalue weighted by Gasteiger charge is 2.10. The minimum atomic E-state index is -0.909. The van der Waals surface area contributed by atoms with E-state index in [4.69, 9.17) is 5.11 Å². The number of amides is 1. The van der Waals surface area contributed by atoms with Gasteiger partial charge in [0, 0.05) is 26.6 Å². The third-order valence-electron chi connectivity index (χ3n) is 2.63. The number of halogens is 2. The van der Waals surface area contributed by atoms with E-state index < -0.39 is 11.6 Å². The number of benzene rings is 1. The van der Waals surface area contributed by atoms with Gasteiger partial charge in [0.25, 0.3) is 0 Å². The molecule has 1 rings (SSSR count). The summed E-state index contributed by atoms with van der Waals surface area (Å²) in [5.74, 6) is -1.88. The predicted octanol–water partition coefficient (Wildman–Crippen LogP) is 2.09. The lowest BCUT2D eigenvalue weighted by Gasteiger charge is -2.17. The molecule has 1 aromatic rings. The molecule has 0 bridgehead atoms. The van der Waals surface area contributed by atoms with Gasteiger partial charge in [-0.25, -0.2) is 8.78 Å². The van der Waals surface area contributed by atoms with Gasteiger partial charge in [0.05, 0.1) is 0 Å². The van der Waals surface area contributed by atoms with Crippen molar-refractivity contribution in [3.05, 3.63) is 35.4 Å². The van der Waals surface area contributed by atoms with Gasteiger partial charge >= 0.3 is 0 Å². The molecule has 0 atom stereocenters. The maximum Gasteiger partial charge on any atom is 0.222 e. The zero-order valence-electron chi connectivity index (χ0n) is 10.3. The Hall–Kier alpha value is -1.49. The number of carbonyl (C=O) groups is 1. The molecule has 0 heterocycles. The van der Waals surface area contributed by atoms with Gasteiger partial charge in [0.1, 0.15) is 0 Å². The summed E-state index contributed by atoms with van der Waals surface area (Å²) in [7, 11) is 1.61. The quantitative estimate of drug-likeness (QED) is 0.793. The molecule has 0 aliphatic heterocycles. The van der Waals surface area contributed by atoms with E-state index in [0.29, 0.717) is 24.8 Å². The molecule has 0 fully saturated rings. The van der Waals surface area contributed by atoms with E-state index >= 15 is 0 Å². The number of nitrogens with zero attached hydrogens (tertiary/aromatic N) is 1. The lowest BCUT2D eigenvalue weighted by atomic mass is 10.2. The van der Waals surface area contributed by atoms with Crippen molar-refractivity contribution in [1.29, 1.82) is 0 Å². The highest BCUT2D eigenvalue weighted by molar-refractivity contribution is 5.75. The van der Waals surface area contributed by atoms with Crippen LogP contribution in [0, 0.1) is 11.6 Å². The van der Waals surface area contributed by atoms with E-state index in [1.807, 2.05) is 0 Å². The maximum atomic E-state index is 13.0. The monoisotopic (exact) mass is 257 g/mol. The smallest absolute Gasteiger partial charge is 0.222 e. The lowest BCUT2D eigenvalue weighted by Crippen LogP contribution is -2.26. The van der Waals surface area contributed by atoms with Crippen LogP contribution in [0.2, 0.25) is 0 Å². The molecule has 0 aromatic heterocycles. The normalized spacial score (nSPS) is 10.4. The molecule has 0 radical (unpaired) electrons. The minimum absolute atomic E-state index is 0.0696. The Morgan fingerprint density at radius 2 is 2.00 bits per heavy atom. The molecule has 3 nitrogen and oxygen atoms in total. The molecule has 0 unspecified atom stereocenters. The first-order valence-corrected chi connectivity index (χ1v) is 5.83. The van der Waals surface area contributed by atoms with Crippen LogP contribution in [0.15, 0.2) is 18.2 Å². The summed E-state index contributed by atoms with van der Waals surface area (Å²) in [6.45, 7) is 0.315.